The molecule has 0 aliphatic carbocycles. The van der Waals surface area contributed by atoms with Crippen LogP contribution in [0.5, 0.6) is 0 Å². The average Bonchev–Trinajstić information content (AvgIpc) is 3.37. The maximum absolute atomic E-state index is 4.59. The molecular formula is C22H19IN6. The first-order chi connectivity index (χ1) is 13.9. The molecule has 0 unspecified atom stereocenters. The highest BCUT2D eigenvalue weighted by Crippen LogP contribution is 2.17. The second-order valence-electron chi connectivity index (χ2n) is 6.71. The molecule has 0 atom stereocenters. The quantitative estimate of drug-likeness (QED) is 0.256. The van der Waals surface area contributed by atoms with Gasteiger partial charge in [0, 0.05) is 0 Å². The molecule has 0 saturated heterocycles. The van der Waals surface area contributed by atoms with Crippen LogP contribution < -0.4 is 28.5 Å². The molecule has 29 heavy (non-hydrogen) atoms. The highest BCUT2D eigenvalue weighted by Gasteiger charge is 2.16. The van der Waals surface area contributed by atoms with Gasteiger partial charge in [-0.2, -0.15) is 9.55 Å². The Hall–Kier alpha value is -3.07. The summed E-state index contributed by atoms with van der Waals surface area (Å²) in [5.41, 5.74) is 4.09. The molecule has 0 aliphatic rings. The maximum Gasteiger partial charge on any atom is 0.257 e. The number of halogens is 1. The van der Waals surface area contributed by atoms with Gasteiger partial charge >= 0.3 is 0 Å². The first-order valence-corrected chi connectivity index (χ1v) is 9.18. The van der Waals surface area contributed by atoms with E-state index in [1.54, 1.807) is 6.33 Å². The monoisotopic (exact) mass is 494 g/mol. The number of benzene rings is 2. The zero-order valence-corrected chi connectivity index (χ0v) is 17.8. The average molecular weight is 494 g/mol. The van der Waals surface area contributed by atoms with E-state index in [1.165, 1.54) is 11.1 Å². The van der Waals surface area contributed by atoms with Crippen molar-refractivity contribution >= 4 is 11.2 Å². The Morgan fingerprint density at radius 3 is 2.31 bits per heavy atom. The smallest absolute Gasteiger partial charge is 0.257 e. The Kier molecular flexibility index (Phi) is 5.66. The molecule has 7 heteroatoms. The molecule has 3 aromatic heterocycles. The fraction of sp³-hybridized carbons (Fsp3) is 0.0909. The van der Waals surface area contributed by atoms with Crippen molar-refractivity contribution in [3.8, 4) is 5.82 Å². The van der Waals surface area contributed by atoms with Gasteiger partial charge in [0.25, 0.3) is 12.1 Å². The van der Waals surface area contributed by atoms with Gasteiger partial charge in [-0.3, -0.25) is 0 Å². The first-order valence-electron chi connectivity index (χ1n) is 9.18. The summed E-state index contributed by atoms with van der Waals surface area (Å²) in [4.78, 5) is 13.5. The minimum atomic E-state index is 0. The fourth-order valence-corrected chi connectivity index (χ4v) is 3.36. The van der Waals surface area contributed by atoms with E-state index in [4.69, 9.17) is 0 Å². The van der Waals surface area contributed by atoms with Gasteiger partial charge in [-0.05, 0) is 11.1 Å². The second-order valence-corrected chi connectivity index (χ2v) is 6.71. The SMILES string of the molecule is [I-].c1ccc(Cn2cnc3c(-n4cc[n+](Cc5ccccc5)c4)ncnc32)cc1. The molecule has 0 amide bonds. The van der Waals surface area contributed by atoms with Crippen LogP contribution in [0.15, 0.2) is 92.0 Å². The van der Waals surface area contributed by atoms with Crippen molar-refractivity contribution in [3.05, 3.63) is 103 Å². The summed E-state index contributed by atoms with van der Waals surface area (Å²) in [7, 11) is 0. The van der Waals surface area contributed by atoms with Crippen molar-refractivity contribution in [2.24, 2.45) is 0 Å². The summed E-state index contributed by atoms with van der Waals surface area (Å²) >= 11 is 0. The fourth-order valence-electron chi connectivity index (χ4n) is 3.36. The summed E-state index contributed by atoms with van der Waals surface area (Å²) in [5.74, 6) is 0.781. The van der Waals surface area contributed by atoms with Gasteiger partial charge in [0.05, 0.1) is 12.9 Å². The van der Waals surface area contributed by atoms with Gasteiger partial charge in [-0.25, -0.2) is 14.5 Å². The van der Waals surface area contributed by atoms with Gasteiger partial charge in [-0.15, -0.1) is 0 Å². The van der Waals surface area contributed by atoms with E-state index in [0.29, 0.717) is 0 Å². The van der Waals surface area contributed by atoms with Gasteiger partial charge in [0.2, 0.25) is 0 Å². The molecule has 0 radical (unpaired) electrons. The predicted octanol–water partition coefficient (Wildman–Crippen LogP) is 0.00510. The lowest BCUT2D eigenvalue weighted by atomic mass is 10.2. The van der Waals surface area contributed by atoms with Gasteiger partial charge in [-0.1, -0.05) is 60.7 Å². The molecule has 5 rings (SSSR count). The molecule has 0 saturated carbocycles. The van der Waals surface area contributed by atoms with Crippen molar-refractivity contribution < 1.29 is 28.5 Å². The minimum Gasteiger partial charge on any atom is -1.00 e. The number of hydrogen-bond donors (Lipinski definition) is 0. The highest BCUT2D eigenvalue weighted by molar-refractivity contribution is 5.78. The van der Waals surface area contributed by atoms with Crippen LogP contribution in [0.2, 0.25) is 0 Å². The predicted molar refractivity (Wildman–Crippen MR) is 106 cm³/mol. The molecule has 144 valence electrons. The number of fused-ring (bicyclic) bond motifs is 1. The summed E-state index contributed by atoms with van der Waals surface area (Å²) in [6.45, 7) is 1.54. The summed E-state index contributed by atoms with van der Waals surface area (Å²) < 4.78 is 6.18. The van der Waals surface area contributed by atoms with E-state index in [0.717, 1.165) is 30.1 Å². The van der Waals surface area contributed by atoms with Crippen LogP contribution in [0.25, 0.3) is 17.0 Å². The van der Waals surface area contributed by atoms with Crippen LogP contribution in [0, 0.1) is 0 Å². The summed E-state index contributed by atoms with van der Waals surface area (Å²) in [5, 5.41) is 0. The second kappa shape index (κ2) is 8.52. The van der Waals surface area contributed by atoms with E-state index in [2.05, 4.69) is 60.5 Å². The molecule has 0 fully saturated rings. The normalized spacial score (nSPS) is 10.8. The Labute approximate surface area is 185 Å². The van der Waals surface area contributed by atoms with Gasteiger partial charge in [0.15, 0.2) is 11.2 Å². The number of nitrogens with zero attached hydrogens (tertiary/aromatic N) is 6. The van der Waals surface area contributed by atoms with Crippen LogP contribution in [-0.2, 0) is 13.1 Å². The first kappa shape index (κ1) is 19.3. The third-order valence-electron chi connectivity index (χ3n) is 4.72. The number of hydrogen-bond acceptors (Lipinski definition) is 3. The molecule has 6 nitrogen and oxygen atoms in total. The zero-order chi connectivity index (χ0) is 18.8. The number of imidazole rings is 2. The molecule has 0 spiro atoms. The maximum atomic E-state index is 4.59. The topological polar surface area (TPSA) is 52.4 Å². The van der Waals surface area contributed by atoms with Crippen LogP contribution in [-0.4, -0.2) is 24.1 Å². The Bertz CT molecular complexity index is 1210. The molecule has 0 bridgehead atoms. The minimum absolute atomic E-state index is 0. The van der Waals surface area contributed by atoms with Crippen molar-refractivity contribution in [2.75, 3.05) is 0 Å². The lowest BCUT2D eigenvalue weighted by Crippen LogP contribution is -3.00. The third-order valence-corrected chi connectivity index (χ3v) is 4.72. The van der Waals surface area contributed by atoms with Crippen LogP contribution >= 0.6 is 0 Å². The van der Waals surface area contributed by atoms with Gasteiger partial charge < -0.3 is 28.5 Å². The summed E-state index contributed by atoms with van der Waals surface area (Å²) in [6.07, 6.45) is 9.51. The largest absolute Gasteiger partial charge is 1.00 e. The van der Waals surface area contributed by atoms with E-state index in [9.17, 15) is 0 Å². The molecule has 0 aliphatic heterocycles. The standard InChI is InChI=1S/C22H19N6.HI/c1-3-7-18(8-4-1)13-26-11-12-27(17-26)21-20-22(24-15-23-21)28(16-25-20)14-19-9-5-2-6-10-19;/h1-12,15-17H,13-14H2;1H/q+1;/p-1. The summed E-state index contributed by atoms with van der Waals surface area (Å²) in [6, 6.07) is 20.7. The van der Waals surface area contributed by atoms with Gasteiger partial charge in [0.1, 0.15) is 25.3 Å². The van der Waals surface area contributed by atoms with E-state index in [1.807, 2.05) is 53.9 Å². The molecule has 2 aromatic carbocycles. The number of aromatic nitrogens is 6. The van der Waals surface area contributed by atoms with Crippen molar-refractivity contribution in [1.82, 2.24) is 24.1 Å². The number of rotatable bonds is 5. The van der Waals surface area contributed by atoms with E-state index in [-0.39, 0.29) is 24.0 Å². The van der Waals surface area contributed by atoms with Crippen LogP contribution in [0.1, 0.15) is 11.1 Å². The van der Waals surface area contributed by atoms with E-state index >= 15 is 0 Å². The third kappa shape index (κ3) is 4.04. The van der Waals surface area contributed by atoms with Crippen LogP contribution in [0.3, 0.4) is 0 Å². The Morgan fingerprint density at radius 1 is 0.828 bits per heavy atom. The molecule has 5 aromatic rings. The van der Waals surface area contributed by atoms with Crippen LogP contribution in [0.4, 0.5) is 0 Å². The van der Waals surface area contributed by atoms with E-state index < -0.39 is 0 Å². The highest BCUT2D eigenvalue weighted by atomic mass is 127. The lowest BCUT2D eigenvalue weighted by Gasteiger charge is -2.03. The zero-order valence-electron chi connectivity index (χ0n) is 15.6. The van der Waals surface area contributed by atoms with Crippen molar-refractivity contribution in [2.45, 2.75) is 13.1 Å². The lowest BCUT2D eigenvalue weighted by molar-refractivity contribution is -0.687. The molecule has 3 heterocycles. The van der Waals surface area contributed by atoms with Crippen molar-refractivity contribution in [1.29, 1.82) is 0 Å². The molecular weight excluding hydrogens is 475 g/mol. The van der Waals surface area contributed by atoms with Crippen molar-refractivity contribution in [3.63, 3.8) is 0 Å². The molecule has 0 N–H and O–H groups in total. The Balaban J connectivity index is 0.00000205. The Morgan fingerprint density at radius 2 is 1.55 bits per heavy atom.